The molecular formula is C24H30N4O. The number of hydrogen-bond acceptors (Lipinski definition) is 4. The molecule has 1 aromatic carbocycles. The molecule has 0 spiro atoms. The molecule has 2 aliphatic heterocycles. The summed E-state index contributed by atoms with van der Waals surface area (Å²) < 4.78 is 0. The van der Waals surface area contributed by atoms with Gasteiger partial charge in [-0.15, -0.1) is 0 Å². The fourth-order valence-electron chi connectivity index (χ4n) is 4.07. The number of pyridine rings is 1. The molecule has 0 radical (unpaired) electrons. The van der Waals surface area contributed by atoms with Crippen LogP contribution in [0.3, 0.4) is 0 Å². The van der Waals surface area contributed by atoms with Gasteiger partial charge < -0.3 is 9.80 Å². The van der Waals surface area contributed by atoms with E-state index >= 15 is 0 Å². The number of carbonyl (C=O) groups is 1. The highest BCUT2D eigenvalue weighted by atomic mass is 16.2. The van der Waals surface area contributed by atoms with Gasteiger partial charge >= 0.3 is 0 Å². The average molecular weight is 391 g/mol. The van der Waals surface area contributed by atoms with Crippen molar-refractivity contribution in [3.05, 3.63) is 65.9 Å². The van der Waals surface area contributed by atoms with Crippen molar-refractivity contribution in [1.82, 2.24) is 14.8 Å². The van der Waals surface area contributed by atoms with Crippen LogP contribution in [0, 0.1) is 0 Å². The lowest BCUT2D eigenvalue weighted by Crippen LogP contribution is -2.48. The van der Waals surface area contributed by atoms with E-state index < -0.39 is 0 Å². The Bertz CT molecular complexity index is 822. The lowest BCUT2D eigenvalue weighted by molar-refractivity contribution is 0.0650. The van der Waals surface area contributed by atoms with Gasteiger partial charge in [-0.1, -0.05) is 42.5 Å². The number of aromatic nitrogens is 1. The number of piperidine rings is 1. The van der Waals surface area contributed by atoms with Crippen LogP contribution in [-0.2, 0) is 0 Å². The minimum atomic E-state index is 0.130. The summed E-state index contributed by atoms with van der Waals surface area (Å²) in [5.41, 5.74) is 1.99. The molecule has 0 atom stereocenters. The second kappa shape index (κ2) is 9.70. The van der Waals surface area contributed by atoms with Crippen LogP contribution in [-0.4, -0.2) is 66.5 Å². The van der Waals surface area contributed by atoms with Crippen LogP contribution in [0.15, 0.2) is 54.7 Å². The largest absolute Gasteiger partial charge is 0.357 e. The average Bonchev–Trinajstić information content (AvgIpc) is 2.80. The van der Waals surface area contributed by atoms with Crippen molar-refractivity contribution in [2.75, 3.05) is 50.7 Å². The maximum atomic E-state index is 13.0. The third-order valence-corrected chi connectivity index (χ3v) is 5.81. The Morgan fingerprint density at radius 2 is 1.69 bits per heavy atom. The van der Waals surface area contributed by atoms with Crippen molar-refractivity contribution in [1.29, 1.82) is 0 Å². The number of piperazine rings is 1. The zero-order chi connectivity index (χ0) is 19.9. The van der Waals surface area contributed by atoms with E-state index in [1.165, 1.54) is 24.8 Å². The first-order valence-corrected chi connectivity index (χ1v) is 10.7. The Labute approximate surface area is 173 Å². The van der Waals surface area contributed by atoms with Crippen LogP contribution in [0.5, 0.6) is 0 Å². The molecule has 1 aromatic heterocycles. The molecule has 5 nitrogen and oxygen atoms in total. The molecule has 152 valence electrons. The maximum Gasteiger partial charge on any atom is 0.254 e. The molecule has 0 unspecified atom stereocenters. The number of benzene rings is 1. The minimum absolute atomic E-state index is 0.130. The normalized spacial score (nSPS) is 18.3. The molecule has 0 aliphatic carbocycles. The molecule has 5 heteroatoms. The first-order valence-electron chi connectivity index (χ1n) is 10.7. The Balaban J connectivity index is 1.29. The Kier molecular flexibility index (Phi) is 6.57. The molecule has 2 fully saturated rings. The SMILES string of the molecule is O=C(c1ccnc(N2CCCCC2)c1)N1CCN(C/C=C/c2ccccc2)CC1. The van der Waals surface area contributed by atoms with Gasteiger partial charge in [-0.05, 0) is 37.0 Å². The molecule has 4 rings (SSSR count). The minimum Gasteiger partial charge on any atom is -0.357 e. The molecule has 3 heterocycles. The van der Waals surface area contributed by atoms with Crippen molar-refractivity contribution in [3.8, 4) is 0 Å². The number of rotatable bonds is 5. The molecule has 29 heavy (non-hydrogen) atoms. The molecule has 2 aromatic rings. The number of hydrogen-bond donors (Lipinski definition) is 0. The molecule has 2 aliphatic rings. The molecular weight excluding hydrogens is 360 g/mol. The summed E-state index contributed by atoms with van der Waals surface area (Å²) >= 11 is 0. The van der Waals surface area contributed by atoms with Crippen LogP contribution < -0.4 is 4.90 Å². The van der Waals surface area contributed by atoms with Gasteiger partial charge in [0.15, 0.2) is 0 Å². The van der Waals surface area contributed by atoms with Gasteiger partial charge in [-0.3, -0.25) is 9.69 Å². The maximum absolute atomic E-state index is 13.0. The summed E-state index contributed by atoms with van der Waals surface area (Å²) in [6, 6.07) is 14.2. The highest BCUT2D eigenvalue weighted by molar-refractivity contribution is 5.95. The van der Waals surface area contributed by atoms with E-state index in [0.717, 1.165) is 57.2 Å². The van der Waals surface area contributed by atoms with Gasteiger partial charge in [0.25, 0.3) is 5.91 Å². The predicted molar refractivity (Wildman–Crippen MR) is 118 cm³/mol. The lowest BCUT2D eigenvalue weighted by Gasteiger charge is -2.34. The fraction of sp³-hybridized carbons (Fsp3) is 0.417. The van der Waals surface area contributed by atoms with Gasteiger partial charge in [0.1, 0.15) is 5.82 Å². The summed E-state index contributed by atoms with van der Waals surface area (Å²) in [5, 5.41) is 0. The molecule has 0 bridgehead atoms. The second-order valence-corrected chi connectivity index (χ2v) is 7.86. The van der Waals surface area contributed by atoms with Crippen LogP contribution in [0.4, 0.5) is 5.82 Å². The Morgan fingerprint density at radius 1 is 0.931 bits per heavy atom. The third kappa shape index (κ3) is 5.24. The highest BCUT2D eigenvalue weighted by Gasteiger charge is 2.22. The molecule has 1 amide bonds. The third-order valence-electron chi connectivity index (χ3n) is 5.81. The summed E-state index contributed by atoms with van der Waals surface area (Å²) in [4.78, 5) is 24.2. The van der Waals surface area contributed by atoms with E-state index in [0.29, 0.717) is 0 Å². The van der Waals surface area contributed by atoms with Gasteiger partial charge in [-0.2, -0.15) is 0 Å². The smallest absolute Gasteiger partial charge is 0.254 e. The quantitative estimate of drug-likeness (QED) is 0.783. The second-order valence-electron chi connectivity index (χ2n) is 7.86. The zero-order valence-electron chi connectivity index (χ0n) is 17.0. The van der Waals surface area contributed by atoms with E-state index in [1.54, 1.807) is 6.20 Å². The van der Waals surface area contributed by atoms with Gasteiger partial charge in [-0.25, -0.2) is 4.98 Å². The van der Waals surface area contributed by atoms with E-state index in [-0.39, 0.29) is 5.91 Å². The monoisotopic (exact) mass is 390 g/mol. The lowest BCUT2D eigenvalue weighted by atomic mass is 10.1. The number of nitrogens with zero attached hydrogens (tertiary/aromatic N) is 4. The zero-order valence-corrected chi connectivity index (χ0v) is 17.0. The summed E-state index contributed by atoms with van der Waals surface area (Å²) in [7, 11) is 0. The topological polar surface area (TPSA) is 39.7 Å². The first-order chi connectivity index (χ1) is 14.3. The van der Waals surface area contributed by atoms with Crippen LogP contribution in [0.25, 0.3) is 6.08 Å². The summed E-state index contributed by atoms with van der Waals surface area (Å²) in [5.74, 6) is 1.07. The predicted octanol–water partition coefficient (Wildman–Crippen LogP) is 3.54. The molecule has 0 saturated carbocycles. The molecule has 2 saturated heterocycles. The standard InChI is InChI=1S/C24H30N4O/c29-24(22-11-12-25-23(20-22)27-14-5-2-6-15-27)28-18-16-26(17-19-28)13-7-10-21-8-3-1-4-9-21/h1,3-4,7-12,20H,2,5-6,13-19H2/b10-7+. The van der Waals surface area contributed by atoms with Crippen molar-refractivity contribution in [2.45, 2.75) is 19.3 Å². The fourth-order valence-corrected chi connectivity index (χ4v) is 4.07. The van der Waals surface area contributed by atoms with E-state index in [9.17, 15) is 4.79 Å². The number of carbonyl (C=O) groups excluding carboxylic acids is 1. The van der Waals surface area contributed by atoms with E-state index in [1.807, 2.05) is 23.1 Å². The Morgan fingerprint density at radius 3 is 2.45 bits per heavy atom. The summed E-state index contributed by atoms with van der Waals surface area (Å²) in [6.45, 7) is 6.38. The number of anilines is 1. The first kappa shape index (κ1) is 19.6. The van der Waals surface area contributed by atoms with Gasteiger partial charge in [0.2, 0.25) is 0 Å². The van der Waals surface area contributed by atoms with Gasteiger partial charge in [0.05, 0.1) is 0 Å². The van der Waals surface area contributed by atoms with E-state index in [2.05, 4.69) is 51.2 Å². The van der Waals surface area contributed by atoms with Crippen LogP contribution in [0.2, 0.25) is 0 Å². The van der Waals surface area contributed by atoms with Crippen molar-refractivity contribution < 1.29 is 4.79 Å². The summed E-state index contributed by atoms with van der Waals surface area (Å²) in [6.07, 6.45) is 9.86. The van der Waals surface area contributed by atoms with E-state index in [4.69, 9.17) is 0 Å². The van der Waals surface area contributed by atoms with Gasteiger partial charge in [0, 0.05) is 57.6 Å². The van der Waals surface area contributed by atoms with Crippen molar-refractivity contribution in [2.24, 2.45) is 0 Å². The van der Waals surface area contributed by atoms with Crippen molar-refractivity contribution >= 4 is 17.8 Å². The number of amides is 1. The Hall–Kier alpha value is -2.66. The highest BCUT2D eigenvalue weighted by Crippen LogP contribution is 2.19. The van der Waals surface area contributed by atoms with Crippen LogP contribution >= 0.6 is 0 Å². The molecule has 0 N–H and O–H groups in total. The van der Waals surface area contributed by atoms with Crippen molar-refractivity contribution in [3.63, 3.8) is 0 Å². The van der Waals surface area contributed by atoms with Crippen LogP contribution in [0.1, 0.15) is 35.2 Å².